The van der Waals surface area contributed by atoms with Gasteiger partial charge in [-0.2, -0.15) is 0 Å². The Hall–Kier alpha value is -3.98. The van der Waals surface area contributed by atoms with E-state index in [9.17, 15) is 9.59 Å². The molecule has 40 heavy (non-hydrogen) atoms. The summed E-state index contributed by atoms with van der Waals surface area (Å²) in [7, 11) is 0. The van der Waals surface area contributed by atoms with Crippen LogP contribution in [0.25, 0.3) is 0 Å². The van der Waals surface area contributed by atoms with Crippen molar-refractivity contribution in [2.45, 2.75) is 51.1 Å². The molecule has 9 heteroatoms. The van der Waals surface area contributed by atoms with E-state index in [0.29, 0.717) is 23.3 Å². The average molecular weight is 555 g/mol. The standard InChI is InChI=1S/C31H34N6O2S/c1-22(38)35-16-2-5-25(20-35)24-8-10-26(11-9-24)37-18-4-6-28(37)27-21-40-31(33-27)34-30(39)29-7-3-17-36(29)19-23-12-14-32-15-13-23/h3,7-15,17,21,25,28H,2,4-6,16,18-20H2,1H3,(H,33,34,39)/t25?,28-/m1/s1. The quantitative estimate of drug-likeness (QED) is 0.317. The molecule has 2 amide bonds. The van der Waals surface area contributed by atoms with Gasteiger partial charge in [0, 0.05) is 68.7 Å². The highest BCUT2D eigenvalue weighted by Crippen LogP contribution is 2.38. The van der Waals surface area contributed by atoms with Crippen molar-refractivity contribution >= 4 is 34.0 Å². The monoisotopic (exact) mass is 554 g/mol. The lowest BCUT2D eigenvalue weighted by atomic mass is 9.90. The summed E-state index contributed by atoms with van der Waals surface area (Å²) in [4.78, 5) is 38.3. The Morgan fingerprint density at radius 2 is 1.82 bits per heavy atom. The number of thiazole rings is 1. The molecule has 0 radical (unpaired) electrons. The molecule has 8 nitrogen and oxygen atoms in total. The van der Waals surface area contributed by atoms with Crippen molar-refractivity contribution in [2.75, 3.05) is 29.9 Å². The van der Waals surface area contributed by atoms with E-state index in [4.69, 9.17) is 4.98 Å². The van der Waals surface area contributed by atoms with Gasteiger partial charge in [-0.15, -0.1) is 11.3 Å². The molecule has 4 aromatic rings. The van der Waals surface area contributed by atoms with Gasteiger partial charge in [-0.25, -0.2) is 4.98 Å². The predicted molar refractivity (Wildman–Crippen MR) is 158 cm³/mol. The molecule has 2 atom stereocenters. The van der Waals surface area contributed by atoms with Crippen LogP contribution in [-0.2, 0) is 11.3 Å². The van der Waals surface area contributed by atoms with Gasteiger partial charge in [-0.3, -0.25) is 19.9 Å². The van der Waals surface area contributed by atoms with Crippen LogP contribution < -0.4 is 10.2 Å². The lowest BCUT2D eigenvalue weighted by molar-refractivity contribution is -0.130. The fraction of sp³-hybridized carbons (Fsp3) is 0.355. The smallest absolute Gasteiger partial charge is 0.274 e. The van der Waals surface area contributed by atoms with E-state index in [1.165, 1.54) is 22.6 Å². The van der Waals surface area contributed by atoms with Gasteiger partial charge in [0.2, 0.25) is 5.91 Å². The first-order valence-corrected chi connectivity index (χ1v) is 14.9. The summed E-state index contributed by atoms with van der Waals surface area (Å²) >= 11 is 1.47. The van der Waals surface area contributed by atoms with Crippen molar-refractivity contribution in [1.29, 1.82) is 0 Å². The van der Waals surface area contributed by atoms with Crippen LogP contribution in [0.5, 0.6) is 0 Å². The third kappa shape index (κ3) is 5.65. The fourth-order valence-electron chi connectivity index (χ4n) is 5.96. The second-order valence-corrected chi connectivity index (χ2v) is 11.5. The van der Waals surface area contributed by atoms with E-state index in [2.05, 4.69) is 44.8 Å². The molecule has 2 aliphatic rings. The van der Waals surface area contributed by atoms with Crippen LogP contribution in [0, 0.1) is 0 Å². The summed E-state index contributed by atoms with van der Waals surface area (Å²) in [5.74, 6) is 0.403. The lowest BCUT2D eigenvalue weighted by Crippen LogP contribution is -2.37. The number of likely N-dealkylation sites (tertiary alicyclic amines) is 1. The first-order valence-electron chi connectivity index (χ1n) is 14.0. The number of piperidine rings is 1. The predicted octanol–water partition coefficient (Wildman–Crippen LogP) is 5.71. The minimum atomic E-state index is -0.162. The molecule has 2 aliphatic heterocycles. The van der Waals surface area contributed by atoms with Gasteiger partial charge in [0.15, 0.2) is 5.13 Å². The summed E-state index contributed by atoms with van der Waals surface area (Å²) < 4.78 is 1.94. The zero-order valence-corrected chi connectivity index (χ0v) is 23.5. The van der Waals surface area contributed by atoms with Crippen LogP contribution >= 0.6 is 11.3 Å². The Balaban J connectivity index is 1.11. The average Bonchev–Trinajstić information content (AvgIpc) is 3.75. The zero-order chi connectivity index (χ0) is 27.5. The Labute approximate surface area is 238 Å². The van der Waals surface area contributed by atoms with Crippen LogP contribution in [-0.4, -0.2) is 50.9 Å². The number of aromatic nitrogens is 3. The van der Waals surface area contributed by atoms with Crippen LogP contribution in [0.4, 0.5) is 10.8 Å². The van der Waals surface area contributed by atoms with Gasteiger partial charge in [-0.05, 0) is 73.2 Å². The molecule has 206 valence electrons. The Morgan fingerprint density at radius 3 is 2.62 bits per heavy atom. The van der Waals surface area contributed by atoms with Crippen LogP contribution in [0.1, 0.15) is 71.9 Å². The van der Waals surface area contributed by atoms with E-state index in [-0.39, 0.29) is 17.9 Å². The number of amides is 2. The molecule has 1 unspecified atom stereocenters. The first kappa shape index (κ1) is 26.3. The first-order chi connectivity index (χ1) is 19.5. The van der Waals surface area contributed by atoms with Crippen molar-refractivity contribution < 1.29 is 9.59 Å². The number of carbonyl (C=O) groups is 2. The second-order valence-electron chi connectivity index (χ2n) is 10.7. The van der Waals surface area contributed by atoms with Crippen LogP contribution in [0.2, 0.25) is 0 Å². The molecule has 6 rings (SSSR count). The number of carbonyl (C=O) groups excluding carboxylic acids is 2. The third-order valence-corrected chi connectivity index (χ3v) is 8.84. The number of anilines is 2. The summed E-state index contributed by atoms with van der Waals surface area (Å²) in [6, 6.07) is 16.7. The molecular weight excluding hydrogens is 520 g/mol. The largest absolute Gasteiger partial charge is 0.363 e. The van der Waals surface area contributed by atoms with Crippen molar-refractivity contribution in [1.82, 2.24) is 19.4 Å². The van der Waals surface area contributed by atoms with E-state index in [1.54, 1.807) is 19.3 Å². The molecule has 0 saturated carbocycles. The molecule has 5 heterocycles. The molecule has 0 aliphatic carbocycles. The van der Waals surface area contributed by atoms with E-state index in [0.717, 1.165) is 56.6 Å². The molecule has 1 N–H and O–H groups in total. The summed E-state index contributed by atoms with van der Waals surface area (Å²) in [6.07, 6.45) is 9.75. The van der Waals surface area contributed by atoms with Gasteiger partial charge < -0.3 is 14.4 Å². The highest BCUT2D eigenvalue weighted by molar-refractivity contribution is 7.14. The van der Waals surface area contributed by atoms with E-state index in [1.807, 2.05) is 39.9 Å². The maximum Gasteiger partial charge on any atom is 0.274 e. The van der Waals surface area contributed by atoms with Gasteiger partial charge in [0.05, 0.1) is 11.7 Å². The van der Waals surface area contributed by atoms with Gasteiger partial charge >= 0.3 is 0 Å². The number of pyridine rings is 1. The molecule has 2 saturated heterocycles. The van der Waals surface area contributed by atoms with Gasteiger partial charge in [0.1, 0.15) is 5.69 Å². The normalized spacial score (nSPS) is 19.1. The van der Waals surface area contributed by atoms with Gasteiger partial charge in [-0.1, -0.05) is 12.1 Å². The molecule has 0 spiro atoms. The summed E-state index contributed by atoms with van der Waals surface area (Å²) in [5.41, 5.74) is 5.18. The number of nitrogens with one attached hydrogen (secondary N) is 1. The van der Waals surface area contributed by atoms with Crippen molar-refractivity contribution in [2.24, 2.45) is 0 Å². The van der Waals surface area contributed by atoms with Gasteiger partial charge in [0.25, 0.3) is 5.91 Å². The SMILES string of the molecule is CC(=O)N1CCCC(c2ccc(N3CCC[C@@H]3c3csc(NC(=O)c4cccn4Cc4ccncc4)n3)cc2)C1. The van der Waals surface area contributed by atoms with Crippen molar-refractivity contribution in [3.05, 3.63) is 95.0 Å². The fourth-order valence-corrected chi connectivity index (χ4v) is 6.71. The number of nitrogens with zero attached hydrogens (tertiary/aromatic N) is 5. The Kier molecular flexibility index (Phi) is 7.64. The van der Waals surface area contributed by atoms with Crippen molar-refractivity contribution in [3.63, 3.8) is 0 Å². The molecule has 1 aromatic carbocycles. The summed E-state index contributed by atoms with van der Waals surface area (Å²) in [6.45, 7) is 4.92. The third-order valence-electron chi connectivity index (χ3n) is 8.06. The Bertz CT molecular complexity index is 1460. The van der Waals surface area contributed by atoms with E-state index >= 15 is 0 Å². The maximum absolute atomic E-state index is 13.1. The highest BCUT2D eigenvalue weighted by Gasteiger charge is 2.29. The van der Waals surface area contributed by atoms with Crippen LogP contribution in [0.15, 0.2) is 72.5 Å². The van der Waals surface area contributed by atoms with E-state index < -0.39 is 0 Å². The number of rotatable bonds is 7. The van der Waals surface area contributed by atoms with Crippen molar-refractivity contribution in [3.8, 4) is 0 Å². The number of hydrogen-bond donors (Lipinski definition) is 1. The lowest BCUT2D eigenvalue weighted by Gasteiger charge is -2.32. The number of benzene rings is 1. The van der Waals surface area contributed by atoms with Crippen LogP contribution in [0.3, 0.4) is 0 Å². The summed E-state index contributed by atoms with van der Waals surface area (Å²) in [5, 5.41) is 5.70. The molecule has 2 fully saturated rings. The topological polar surface area (TPSA) is 83.4 Å². The maximum atomic E-state index is 13.1. The second kappa shape index (κ2) is 11.6. The zero-order valence-electron chi connectivity index (χ0n) is 22.7. The Morgan fingerprint density at radius 1 is 1.02 bits per heavy atom. The molecular formula is C31H34N6O2S. The highest BCUT2D eigenvalue weighted by atomic mass is 32.1. The molecule has 0 bridgehead atoms. The number of hydrogen-bond acceptors (Lipinski definition) is 6. The minimum absolute atomic E-state index is 0.162. The minimum Gasteiger partial charge on any atom is -0.363 e. The molecule has 3 aromatic heterocycles.